The first-order valence-corrected chi connectivity index (χ1v) is 8.73. The Hall–Kier alpha value is -1.14. The molecule has 0 radical (unpaired) electrons. The average molecular weight is 316 g/mol. The maximum atomic E-state index is 13.4. The van der Waals surface area contributed by atoms with E-state index in [1.807, 2.05) is 13.8 Å². The number of rotatable bonds is 7. The summed E-state index contributed by atoms with van der Waals surface area (Å²) >= 11 is 0. The minimum atomic E-state index is -3.66. The Morgan fingerprint density at radius 2 is 1.90 bits per heavy atom. The molecule has 4 nitrogen and oxygen atoms in total. The molecule has 21 heavy (non-hydrogen) atoms. The smallest absolute Gasteiger partial charge is 0.243 e. The number of nitrogens with zero attached hydrogens (tertiary/aromatic N) is 1. The zero-order valence-corrected chi connectivity index (χ0v) is 14.0. The van der Waals surface area contributed by atoms with E-state index in [2.05, 4.69) is 6.92 Å². The number of benzene rings is 1. The number of nitrogen functional groups attached to an aromatic ring is 1. The third-order valence-electron chi connectivity index (χ3n) is 3.44. The van der Waals surface area contributed by atoms with Crippen LogP contribution >= 0.6 is 0 Å². The minimum Gasteiger partial charge on any atom is -0.396 e. The van der Waals surface area contributed by atoms with E-state index in [0.717, 1.165) is 19.3 Å². The van der Waals surface area contributed by atoms with Gasteiger partial charge in [-0.3, -0.25) is 0 Å². The monoisotopic (exact) mass is 316 g/mol. The molecule has 6 heteroatoms. The topological polar surface area (TPSA) is 63.4 Å². The van der Waals surface area contributed by atoms with Crippen LogP contribution in [0.3, 0.4) is 0 Å². The standard InChI is InChI=1S/C15H25FN2O2S/c1-5-6-7-8-18(11(2)3)21(19,20)15-10-14(17)13(16)9-12(15)4/h9-11H,5-8,17H2,1-4H3. The molecule has 0 atom stereocenters. The van der Waals surface area contributed by atoms with Gasteiger partial charge in [-0.1, -0.05) is 19.8 Å². The molecule has 0 aliphatic rings. The van der Waals surface area contributed by atoms with Gasteiger partial charge in [-0.15, -0.1) is 0 Å². The summed E-state index contributed by atoms with van der Waals surface area (Å²) in [5, 5.41) is 0. The zero-order valence-electron chi connectivity index (χ0n) is 13.2. The SMILES string of the molecule is CCCCCN(C(C)C)S(=O)(=O)c1cc(N)c(F)cc1C. The van der Waals surface area contributed by atoms with Gasteiger partial charge in [0, 0.05) is 12.6 Å². The van der Waals surface area contributed by atoms with Gasteiger partial charge in [0.2, 0.25) is 10.0 Å². The van der Waals surface area contributed by atoms with Crippen molar-refractivity contribution in [1.82, 2.24) is 4.31 Å². The second kappa shape index (κ2) is 7.22. The number of sulfonamides is 1. The Morgan fingerprint density at radius 3 is 2.43 bits per heavy atom. The van der Waals surface area contributed by atoms with Gasteiger partial charge in [-0.2, -0.15) is 4.31 Å². The van der Waals surface area contributed by atoms with Crippen LogP contribution in [0.25, 0.3) is 0 Å². The van der Waals surface area contributed by atoms with Crippen LogP contribution in [-0.4, -0.2) is 25.3 Å². The van der Waals surface area contributed by atoms with E-state index in [0.29, 0.717) is 12.1 Å². The van der Waals surface area contributed by atoms with Crippen molar-refractivity contribution in [1.29, 1.82) is 0 Å². The Kier molecular flexibility index (Phi) is 6.16. The van der Waals surface area contributed by atoms with Crippen LogP contribution in [0.1, 0.15) is 45.6 Å². The fourth-order valence-corrected chi connectivity index (χ4v) is 4.17. The fraction of sp³-hybridized carbons (Fsp3) is 0.600. The summed E-state index contributed by atoms with van der Waals surface area (Å²) in [7, 11) is -3.66. The van der Waals surface area contributed by atoms with Crippen LogP contribution < -0.4 is 5.73 Å². The number of hydrogen-bond acceptors (Lipinski definition) is 3. The molecular weight excluding hydrogens is 291 g/mol. The molecule has 0 fully saturated rings. The largest absolute Gasteiger partial charge is 0.396 e. The van der Waals surface area contributed by atoms with E-state index in [9.17, 15) is 12.8 Å². The van der Waals surface area contributed by atoms with Crippen LogP contribution in [0.15, 0.2) is 17.0 Å². The van der Waals surface area contributed by atoms with Crippen molar-refractivity contribution < 1.29 is 12.8 Å². The number of aryl methyl sites for hydroxylation is 1. The van der Waals surface area contributed by atoms with Crippen molar-refractivity contribution in [2.75, 3.05) is 12.3 Å². The number of anilines is 1. The van der Waals surface area contributed by atoms with Crippen LogP contribution in [-0.2, 0) is 10.0 Å². The number of unbranched alkanes of at least 4 members (excludes halogenated alkanes) is 2. The van der Waals surface area contributed by atoms with Crippen LogP contribution in [0.2, 0.25) is 0 Å². The summed E-state index contributed by atoms with van der Waals surface area (Å²) in [6.07, 6.45) is 2.81. The number of hydrogen-bond donors (Lipinski definition) is 1. The van der Waals surface area contributed by atoms with Gasteiger partial charge in [0.15, 0.2) is 0 Å². The van der Waals surface area contributed by atoms with Crippen LogP contribution in [0.4, 0.5) is 10.1 Å². The first kappa shape index (κ1) is 17.9. The highest BCUT2D eigenvalue weighted by atomic mass is 32.2. The Labute approximate surface area is 127 Å². The molecule has 2 N–H and O–H groups in total. The first-order chi connectivity index (χ1) is 9.71. The van der Waals surface area contributed by atoms with E-state index in [4.69, 9.17) is 5.73 Å². The van der Waals surface area contributed by atoms with Gasteiger partial charge < -0.3 is 5.73 Å². The van der Waals surface area contributed by atoms with Crippen molar-refractivity contribution in [2.24, 2.45) is 0 Å². The molecule has 0 unspecified atom stereocenters. The molecule has 0 amide bonds. The predicted molar refractivity (Wildman–Crippen MR) is 84.1 cm³/mol. The Morgan fingerprint density at radius 1 is 1.29 bits per heavy atom. The van der Waals surface area contributed by atoms with Gasteiger partial charge in [0.05, 0.1) is 10.6 Å². The lowest BCUT2D eigenvalue weighted by Gasteiger charge is -2.26. The van der Waals surface area contributed by atoms with Crippen molar-refractivity contribution in [3.05, 3.63) is 23.5 Å². The highest BCUT2D eigenvalue weighted by Crippen LogP contribution is 2.26. The van der Waals surface area contributed by atoms with Gasteiger partial charge in [0.1, 0.15) is 5.82 Å². The lowest BCUT2D eigenvalue weighted by atomic mass is 10.2. The summed E-state index contributed by atoms with van der Waals surface area (Å²) in [5.41, 5.74) is 5.76. The zero-order chi connectivity index (χ0) is 16.2. The quantitative estimate of drug-likeness (QED) is 0.620. The average Bonchev–Trinajstić information content (AvgIpc) is 2.38. The minimum absolute atomic E-state index is 0.0894. The summed E-state index contributed by atoms with van der Waals surface area (Å²) in [6.45, 7) is 7.79. The summed E-state index contributed by atoms with van der Waals surface area (Å²) in [5.74, 6) is -0.589. The van der Waals surface area contributed by atoms with Gasteiger partial charge >= 0.3 is 0 Å². The summed E-state index contributed by atoms with van der Waals surface area (Å²) in [4.78, 5) is 0.0894. The number of halogens is 1. The van der Waals surface area contributed by atoms with Crippen LogP contribution in [0, 0.1) is 12.7 Å². The maximum Gasteiger partial charge on any atom is 0.243 e. The molecule has 0 aliphatic carbocycles. The second-order valence-electron chi connectivity index (χ2n) is 5.56. The van der Waals surface area contributed by atoms with Crippen LogP contribution in [0.5, 0.6) is 0 Å². The molecule has 1 rings (SSSR count). The van der Waals surface area contributed by atoms with Gasteiger partial charge in [0.25, 0.3) is 0 Å². The second-order valence-corrected chi connectivity index (χ2v) is 7.41. The molecule has 0 saturated carbocycles. The predicted octanol–water partition coefficient (Wildman–Crippen LogP) is 3.31. The third kappa shape index (κ3) is 4.17. The molecule has 0 spiro atoms. The highest BCUT2D eigenvalue weighted by molar-refractivity contribution is 7.89. The molecule has 0 bridgehead atoms. The van der Waals surface area contributed by atoms with E-state index in [1.165, 1.54) is 16.4 Å². The Bertz CT molecular complexity index is 586. The normalized spacial score (nSPS) is 12.3. The van der Waals surface area contributed by atoms with E-state index < -0.39 is 15.8 Å². The summed E-state index contributed by atoms with van der Waals surface area (Å²) in [6, 6.07) is 2.24. The molecule has 1 aromatic rings. The summed E-state index contributed by atoms with van der Waals surface area (Å²) < 4.78 is 40.5. The van der Waals surface area contributed by atoms with E-state index >= 15 is 0 Å². The van der Waals surface area contributed by atoms with E-state index in [-0.39, 0.29) is 16.6 Å². The molecule has 0 saturated heterocycles. The molecule has 0 aromatic heterocycles. The fourth-order valence-electron chi connectivity index (χ4n) is 2.25. The first-order valence-electron chi connectivity index (χ1n) is 7.29. The Balaban J connectivity index is 3.20. The highest BCUT2D eigenvalue weighted by Gasteiger charge is 2.28. The molecule has 120 valence electrons. The van der Waals surface area contributed by atoms with Crippen molar-refractivity contribution >= 4 is 15.7 Å². The molecule has 0 heterocycles. The maximum absolute atomic E-state index is 13.4. The van der Waals surface area contributed by atoms with Crippen molar-refractivity contribution in [3.8, 4) is 0 Å². The molecule has 1 aromatic carbocycles. The lowest BCUT2D eigenvalue weighted by molar-refractivity contribution is 0.345. The van der Waals surface area contributed by atoms with Crippen molar-refractivity contribution in [2.45, 2.75) is 57.9 Å². The van der Waals surface area contributed by atoms with E-state index in [1.54, 1.807) is 6.92 Å². The van der Waals surface area contributed by atoms with Crippen molar-refractivity contribution in [3.63, 3.8) is 0 Å². The molecule has 0 aliphatic heterocycles. The van der Waals surface area contributed by atoms with Gasteiger partial charge in [-0.25, -0.2) is 12.8 Å². The number of nitrogens with two attached hydrogens (primary N) is 1. The van der Waals surface area contributed by atoms with Gasteiger partial charge in [-0.05, 0) is 44.9 Å². The molecular formula is C15H25FN2O2S. The lowest BCUT2D eigenvalue weighted by Crippen LogP contribution is -2.38. The third-order valence-corrected chi connectivity index (χ3v) is 5.66.